The van der Waals surface area contributed by atoms with Crippen molar-refractivity contribution in [2.24, 2.45) is 5.10 Å². The number of carbonyl (C=O) groups is 2. The van der Waals surface area contributed by atoms with E-state index in [0.29, 0.717) is 11.3 Å². The maximum absolute atomic E-state index is 13.0. The van der Waals surface area contributed by atoms with Crippen molar-refractivity contribution in [2.75, 3.05) is 25.1 Å². The molecule has 3 rings (SSSR count). The second-order valence-corrected chi connectivity index (χ2v) is 8.59. The third kappa shape index (κ3) is 7.29. The highest BCUT2D eigenvalue weighted by atomic mass is 79.9. The Bertz CT molecular complexity index is 1240. The summed E-state index contributed by atoms with van der Waals surface area (Å²) < 4.78 is 5.99. The van der Waals surface area contributed by atoms with Crippen LogP contribution < -0.4 is 20.4 Å². The molecule has 0 saturated heterocycles. The first-order chi connectivity index (χ1) is 17.4. The molecule has 0 unspecified atom stereocenters. The minimum atomic E-state index is -0.545. The van der Waals surface area contributed by atoms with Crippen LogP contribution in [0.1, 0.15) is 35.3 Å². The van der Waals surface area contributed by atoms with Crippen molar-refractivity contribution >= 4 is 45.7 Å². The van der Waals surface area contributed by atoms with E-state index in [1.165, 1.54) is 6.21 Å². The van der Waals surface area contributed by atoms with Crippen molar-refractivity contribution in [1.29, 1.82) is 0 Å². The van der Waals surface area contributed by atoms with Crippen molar-refractivity contribution in [2.45, 2.75) is 13.8 Å². The topological polar surface area (TPSA) is 83.0 Å². The van der Waals surface area contributed by atoms with Gasteiger partial charge in [0.25, 0.3) is 11.8 Å². The number of benzene rings is 3. The summed E-state index contributed by atoms with van der Waals surface area (Å²) in [7, 11) is 1.59. The lowest BCUT2D eigenvalue weighted by Crippen LogP contribution is -2.32. The number of hydrazone groups is 1. The molecule has 2 N–H and O–H groups in total. The number of methoxy groups -OCH3 is 1. The second-order valence-electron chi connectivity index (χ2n) is 7.74. The summed E-state index contributed by atoms with van der Waals surface area (Å²) in [6.07, 6.45) is 3.14. The van der Waals surface area contributed by atoms with E-state index >= 15 is 0 Å². The fourth-order valence-corrected chi connectivity index (χ4v) is 4.03. The monoisotopic (exact) mass is 548 g/mol. The first-order valence-electron chi connectivity index (χ1n) is 11.5. The number of anilines is 1. The number of amides is 2. The van der Waals surface area contributed by atoms with Gasteiger partial charge in [0.15, 0.2) is 0 Å². The summed E-state index contributed by atoms with van der Waals surface area (Å²) in [5.41, 5.74) is 5.64. The molecule has 0 aliphatic heterocycles. The van der Waals surface area contributed by atoms with E-state index in [9.17, 15) is 9.59 Å². The van der Waals surface area contributed by atoms with Crippen LogP contribution in [0.25, 0.3) is 6.08 Å². The molecule has 0 atom stereocenters. The number of carbonyl (C=O) groups excluding carboxylic acids is 2. The van der Waals surface area contributed by atoms with Gasteiger partial charge in [-0.05, 0) is 89.4 Å². The van der Waals surface area contributed by atoms with E-state index in [0.717, 1.165) is 34.4 Å². The molecule has 0 aliphatic carbocycles. The number of hydrogen-bond acceptors (Lipinski definition) is 5. The van der Waals surface area contributed by atoms with E-state index < -0.39 is 5.91 Å². The van der Waals surface area contributed by atoms with Crippen LogP contribution in [0.2, 0.25) is 0 Å². The van der Waals surface area contributed by atoms with Crippen LogP contribution in [-0.4, -0.2) is 38.2 Å². The molecular weight excluding hydrogens is 520 g/mol. The van der Waals surface area contributed by atoms with Crippen LogP contribution in [0.15, 0.2) is 88.1 Å². The highest BCUT2D eigenvalue weighted by Crippen LogP contribution is 2.24. The van der Waals surface area contributed by atoms with Crippen molar-refractivity contribution in [3.05, 3.63) is 99.7 Å². The zero-order valence-corrected chi connectivity index (χ0v) is 22.1. The number of halogens is 1. The molecule has 0 radical (unpaired) electrons. The second kappa shape index (κ2) is 13.3. The molecule has 0 heterocycles. The van der Waals surface area contributed by atoms with E-state index in [-0.39, 0.29) is 11.6 Å². The van der Waals surface area contributed by atoms with Crippen LogP contribution in [0.5, 0.6) is 5.75 Å². The Morgan fingerprint density at radius 1 is 0.972 bits per heavy atom. The van der Waals surface area contributed by atoms with Gasteiger partial charge in [-0.1, -0.05) is 30.3 Å². The average Bonchev–Trinajstić information content (AvgIpc) is 2.90. The van der Waals surface area contributed by atoms with Gasteiger partial charge < -0.3 is 15.0 Å². The third-order valence-corrected chi connectivity index (χ3v) is 6.04. The van der Waals surface area contributed by atoms with E-state index in [1.807, 2.05) is 42.5 Å². The van der Waals surface area contributed by atoms with Crippen molar-refractivity contribution in [3.63, 3.8) is 0 Å². The van der Waals surface area contributed by atoms with Crippen LogP contribution in [0.3, 0.4) is 0 Å². The van der Waals surface area contributed by atoms with E-state index in [1.54, 1.807) is 43.5 Å². The fourth-order valence-electron chi connectivity index (χ4n) is 3.47. The molecule has 3 aromatic carbocycles. The summed E-state index contributed by atoms with van der Waals surface area (Å²) in [4.78, 5) is 28.0. The molecule has 0 bridgehead atoms. The SMILES string of the molecule is CCN(CC)c1ccc(/C=C(/NC(=O)c2ccccc2)C(=O)N/N=C/c2ccc(OC)c(Br)c2)cc1. The predicted octanol–water partition coefficient (Wildman–Crippen LogP) is 5.23. The molecular formula is C28H29BrN4O3. The number of hydrogen-bond donors (Lipinski definition) is 2. The van der Waals surface area contributed by atoms with Gasteiger partial charge in [-0.15, -0.1) is 0 Å². The Kier molecular flexibility index (Phi) is 9.82. The molecule has 0 saturated carbocycles. The van der Waals surface area contributed by atoms with Crippen LogP contribution in [0, 0.1) is 0 Å². The van der Waals surface area contributed by atoms with Crippen LogP contribution in [0.4, 0.5) is 5.69 Å². The molecule has 0 aromatic heterocycles. The zero-order chi connectivity index (χ0) is 25.9. The minimum absolute atomic E-state index is 0.0764. The molecule has 7 nitrogen and oxygen atoms in total. The Balaban J connectivity index is 1.81. The van der Waals surface area contributed by atoms with Gasteiger partial charge in [-0.2, -0.15) is 5.10 Å². The maximum atomic E-state index is 13.0. The Morgan fingerprint density at radius 2 is 1.64 bits per heavy atom. The maximum Gasteiger partial charge on any atom is 0.287 e. The van der Waals surface area contributed by atoms with Crippen molar-refractivity contribution in [1.82, 2.24) is 10.7 Å². The van der Waals surface area contributed by atoms with Gasteiger partial charge in [0, 0.05) is 24.3 Å². The average molecular weight is 549 g/mol. The van der Waals surface area contributed by atoms with Gasteiger partial charge in [-0.25, -0.2) is 5.43 Å². The number of ether oxygens (including phenoxy) is 1. The van der Waals surface area contributed by atoms with Gasteiger partial charge >= 0.3 is 0 Å². The Labute approximate surface area is 220 Å². The van der Waals surface area contributed by atoms with Crippen LogP contribution in [-0.2, 0) is 4.79 Å². The molecule has 36 heavy (non-hydrogen) atoms. The van der Waals surface area contributed by atoms with Crippen molar-refractivity contribution in [3.8, 4) is 5.75 Å². The highest BCUT2D eigenvalue weighted by molar-refractivity contribution is 9.10. The third-order valence-electron chi connectivity index (χ3n) is 5.42. The summed E-state index contributed by atoms with van der Waals surface area (Å²) in [6.45, 7) is 6.00. The molecule has 0 fully saturated rings. The largest absolute Gasteiger partial charge is 0.496 e. The van der Waals surface area contributed by atoms with Crippen LogP contribution >= 0.6 is 15.9 Å². The zero-order valence-electron chi connectivity index (χ0n) is 20.5. The quantitative estimate of drug-likeness (QED) is 0.206. The smallest absolute Gasteiger partial charge is 0.287 e. The first-order valence-corrected chi connectivity index (χ1v) is 12.3. The standard InChI is InChI=1S/C28H29BrN4O3/c1-4-33(5-2)23-14-11-20(12-15-23)18-25(31-27(34)22-9-7-6-8-10-22)28(35)32-30-19-21-13-16-26(36-3)24(29)17-21/h6-19H,4-5H2,1-3H3,(H,31,34)(H,32,35)/b25-18+,30-19+. The van der Waals surface area contributed by atoms with Gasteiger partial charge in [-0.3, -0.25) is 9.59 Å². The number of nitrogens with one attached hydrogen (secondary N) is 2. The summed E-state index contributed by atoms with van der Waals surface area (Å²) in [5, 5.41) is 6.77. The normalized spacial score (nSPS) is 11.3. The van der Waals surface area contributed by atoms with E-state index in [4.69, 9.17) is 4.74 Å². The number of nitrogens with zero attached hydrogens (tertiary/aromatic N) is 2. The van der Waals surface area contributed by atoms with Gasteiger partial charge in [0.2, 0.25) is 0 Å². The number of rotatable bonds is 10. The molecule has 0 spiro atoms. The lowest BCUT2D eigenvalue weighted by Gasteiger charge is -2.20. The molecule has 3 aromatic rings. The van der Waals surface area contributed by atoms with Gasteiger partial charge in [0.1, 0.15) is 11.4 Å². The first kappa shape index (κ1) is 26.7. The Morgan fingerprint density at radius 3 is 2.25 bits per heavy atom. The molecule has 186 valence electrons. The molecule has 8 heteroatoms. The highest BCUT2D eigenvalue weighted by Gasteiger charge is 2.14. The fraction of sp³-hybridized carbons (Fsp3) is 0.179. The lowest BCUT2D eigenvalue weighted by atomic mass is 10.1. The van der Waals surface area contributed by atoms with Crippen molar-refractivity contribution < 1.29 is 14.3 Å². The minimum Gasteiger partial charge on any atom is -0.496 e. The summed E-state index contributed by atoms with van der Waals surface area (Å²) in [5.74, 6) is -0.243. The lowest BCUT2D eigenvalue weighted by molar-refractivity contribution is -0.117. The van der Waals surface area contributed by atoms with Gasteiger partial charge in [0.05, 0.1) is 17.8 Å². The molecule has 2 amide bonds. The Hall–Kier alpha value is -3.91. The predicted molar refractivity (Wildman–Crippen MR) is 148 cm³/mol. The summed E-state index contributed by atoms with van der Waals surface area (Å²) in [6, 6.07) is 22.0. The van der Waals surface area contributed by atoms with E-state index in [2.05, 4.69) is 50.5 Å². The summed E-state index contributed by atoms with van der Waals surface area (Å²) >= 11 is 3.43. The molecule has 0 aliphatic rings.